The van der Waals surface area contributed by atoms with Crippen molar-refractivity contribution in [1.82, 2.24) is 9.88 Å². The van der Waals surface area contributed by atoms with Gasteiger partial charge in [0.2, 0.25) is 0 Å². The molecule has 0 radical (unpaired) electrons. The molecule has 25 heavy (non-hydrogen) atoms. The zero-order valence-electron chi connectivity index (χ0n) is 14.6. The van der Waals surface area contributed by atoms with Gasteiger partial charge in [-0.1, -0.05) is 25.1 Å². The Morgan fingerprint density at radius 1 is 1.16 bits per heavy atom. The van der Waals surface area contributed by atoms with Crippen LogP contribution in [0.4, 0.5) is 0 Å². The Labute approximate surface area is 162 Å². The minimum absolute atomic E-state index is 0. The van der Waals surface area contributed by atoms with Gasteiger partial charge in [-0.25, -0.2) is 0 Å². The van der Waals surface area contributed by atoms with E-state index >= 15 is 0 Å². The maximum absolute atomic E-state index is 5.88. The predicted octanol–water partition coefficient (Wildman–Crippen LogP) is 3.67. The SMILES string of the molecule is CC1(CN)CCN(Cc2ccc(OCc3ccccn3)cc2)C1.Cl.Cl. The highest BCUT2D eigenvalue weighted by atomic mass is 35.5. The van der Waals surface area contributed by atoms with Gasteiger partial charge in [-0.05, 0) is 54.8 Å². The number of ether oxygens (including phenoxy) is 1. The van der Waals surface area contributed by atoms with Gasteiger partial charge in [0.15, 0.2) is 0 Å². The van der Waals surface area contributed by atoms with E-state index in [2.05, 4.69) is 28.9 Å². The highest BCUT2D eigenvalue weighted by Gasteiger charge is 2.32. The fourth-order valence-corrected chi connectivity index (χ4v) is 3.02. The summed E-state index contributed by atoms with van der Waals surface area (Å²) >= 11 is 0. The van der Waals surface area contributed by atoms with Crippen LogP contribution in [0, 0.1) is 5.41 Å². The summed E-state index contributed by atoms with van der Waals surface area (Å²) in [6.45, 7) is 6.75. The average molecular weight is 384 g/mol. The van der Waals surface area contributed by atoms with Crippen LogP contribution in [-0.2, 0) is 13.2 Å². The number of nitrogens with zero attached hydrogens (tertiary/aromatic N) is 2. The Balaban J connectivity index is 0.00000156. The Kier molecular flexibility index (Phi) is 8.66. The van der Waals surface area contributed by atoms with E-state index in [9.17, 15) is 0 Å². The normalized spacial score (nSPS) is 19.8. The Morgan fingerprint density at radius 3 is 2.52 bits per heavy atom. The molecule has 138 valence electrons. The third-order valence-electron chi connectivity index (χ3n) is 4.57. The Bertz CT molecular complexity index is 624. The number of hydrogen-bond donors (Lipinski definition) is 1. The molecule has 1 saturated heterocycles. The number of halogens is 2. The summed E-state index contributed by atoms with van der Waals surface area (Å²) in [6.07, 6.45) is 2.97. The highest BCUT2D eigenvalue weighted by molar-refractivity contribution is 5.85. The molecule has 1 fully saturated rings. The van der Waals surface area contributed by atoms with Crippen molar-refractivity contribution in [3.8, 4) is 5.75 Å². The molecular formula is C19H27Cl2N3O. The molecule has 2 heterocycles. The molecule has 1 aliphatic rings. The molecule has 0 saturated carbocycles. The topological polar surface area (TPSA) is 51.4 Å². The smallest absolute Gasteiger partial charge is 0.130 e. The number of hydrogen-bond acceptors (Lipinski definition) is 4. The average Bonchev–Trinajstić information content (AvgIpc) is 2.97. The molecule has 0 amide bonds. The Morgan fingerprint density at radius 2 is 1.92 bits per heavy atom. The van der Waals surface area contributed by atoms with Gasteiger partial charge in [-0.2, -0.15) is 0 Å². The molecular weight excluding hydrogens is 357 g/mol. The first kappa shape index (κ1) is 21.7. The lowest BCUT2D eigenvalue weighted by atomic mass is 9.90. The van der Waals surface area contributed by atoms with Crippen molar-refractivity contribution < 1.29 is 4.74 Å². The van der Waals surface area contributed by atoms with Crippen molar-refractivity contribution in [3.63, 3.8) is 0 Å². The van der Waals surface area contributed by atoms with Crippen LogP contribution in [0.25, 0.3) is 0 Å². The second-order valence-corrected chi connectivity index (χ2v) is 6.73. The van der Waals surface area contributed by atoms with Crippen molar-refractivity contribution in [2.45, 2.75) is 26.5 Å². The summed E-state index contributed by atoms with van der Waals surface area (Å²) in [5.41, 5.74) is 8.42. The number of nitrogens with two attached hydrogens (primary N) is 1. The summed E-state index contributed by atoms with van der Waals surface area (Å²) in [6, 6.07) is 14.2. The van der Waals surface area contributed by atoms with Gasteiger partial charge in [-0.3, -0.25) is 9.88 Å². The monoisotopic (exact) mass is 383 g/mol. The minimum atomic E-state index is 0. The van der Waals surface area contributed by atoms with Crippen LogP contribution in [0.1, 0.15) is 24.6 Å². The zero-order valence-corrected chi connectivity index (χ0v) is 16.2. The first-order chi connectivity index (χ1) is 11.2. The van der Waals surface area contributed by atoms with E-state index in [0.717, 1.165) is 37.6 Å². The number of benzene rings is 1. The van der Waals surface area contributed by atoms with E-state index in [1.165, 1.54) is 12.0 Å². The van der Waals surface area contributed by atoms with Gasteiger partial charge >= 0.3 is 0 Å². The molecule has 0 bridgehead atoms. The molecule has 1 aromatic heterocycles. The number of rotatable bonds is 6. The van der Waals surface area contributed by atoms with E-state index in [4.69, 9.17) is 10.5 Å². The van der Waals surface area contributed by atoms with Gasteiger partial charge in [0, 0.05) is 19.3 Å². The maximum Gasteiger partial charge on any atom is 0.130 e. The first-order valence-corrected chi connectivity index (χ1v) is 8.21. The van der Waals surface area contributed by atoms with E-state index in [-0.39, 0.29) is 30.2 Å². The van der Waals surface area contributed by atoms with Gasteiger partial charge in [0.25, 0.3) is 0 Å². The number of aromatic nitrogens is 1. The number of pyridine rings is 1. The molecule has 0 spiro atoms. The molecule has 1 aliphatic heterocycles. The zero-order chi connectivity index (χ0) is 16.1. The molecule has 2 N–H and O–H groups in total. The van der Waals surface area contributed by atoms with Gasteiger partial charge in [0.05, 0.1) is 5.69 Å². The van der Waals surface area contributed by atoms with Crippen LogP contribution in [0.2, 0.25) is 0 Å². The number of likely N-dealkylation sites (tertiary alicyclic amines) is 1. The third kappa shape index (κ3) is 6.15. The van der Waals surface area contributed by atoms with Crippen LogP contribution >= 0.6 is 24.8 Å². The second kappa shape index (κ2) is 9.97. The third-order valence-corrected chi connectivity index (χ3v) is 4.57. The van der Waals surface area contributed by atoms with Gasteiger partial charge in [0.1, 0.15) is 12.4 Å². The summed E-state index contributed by atoms with van der Waals surface area (Å²) < 4.78 is 5.77. The molecule has 1 unspecified atom stereocenters. The quantitative estimate of drug-likeness (QED) is 0.826. The van der Waals surface area contributed by atoms with Gasteiger partial charge < -0.3 is 10.5 Å². The lowest BCUT2D eigenvalue weighted by molar-refractivity contribution is 0.274. The first-order valence-electron chi connectivity index (χ1n) is 8.21. The highest BCUT2D eigenvalue weighted by Crippen LogP contribution is 2.29. The summed E-state index contributed by atoms with van der Waals surface area (Å²) in [7, 11) is 0. The van der Waals surface area contributed by atoms with E-state index in [1.54, 1.807) is 6.20 Å². The lowest BCUT2D eigenvalue weighted by Crippen LogP contribution is -2.31. The predicted molar refractivity (Wildman–Crippen MR) is 107 cm³/mol. The molecule has 2 aromatic rings. The molecule has 3 rings (SSSR count). The van der Waals surface area contributed by atoms with Crippen LogP contribution in [-0.4, -0.2) is 29.5 Å². The molecule has 1 atom stereocenters. The minimum Gasteiger partial charge on any atom is -0.487 e. The maximum atomic E-state index is 5.88. The van der Waals surface area contributed by atoms with Crippen molar-refractivity contribution >= 4 is 24.8 Å². The lowest BCUT2D eigenvalue weighted by Gasteiger charge is -2.22. The van der Waals surface area contributed by atoms with Crippen LogP contribution < -0.4 is 10.5 Å². The molecule has 4 nitrogen and oxygen atoms in total. The summed E-state index contributed by atoms with van der Waals surface area (Å²) in [5, 5.41) is 0. The second-order valence-electron chi connectivity index (χ2n) is 6.73. The van der Waals surface area contributed by atoms with Crippen molar-refractivity contribution in [3.05, 3.63) is 59.9 Å². The van der Waals surface area contributed by atoms with E-state index < -0.39 is 0 Å². The molecule has 6 heteroatoms. The summed E-state index contributed by atoms with van der Waals surface area (Å²) in [4.78, 5) is 6.74. The van der Waals surface area contributed by atoms with Crippen molar-refractivity contribution in [2.75, 3.05) is 19.6 Å². The largest absolute Gasteiger partial charge is 0.487 e. The summed E-state index contributed by atoms with van der Waals surface area (Å²) in [5.74, 6) is 0.882. The Hall–Kier alpha value is -1.33. The fraction of sp³-hybridized carbons (Fsp3) is 0.421. The van der Waals surface area contributed by atoms with E-state index in [1.807, 2.05) is 30.3 Å². The van der Waals surface area contributed by atoms with Crippen molar-refractivity contribution in [2.24, 2.45) is 11.1 Å². The fourth-order valence-electron chi connectivity index (χ4n) is 3.02. The van der Waals surface area contributed by atoms with Crippen molar-refractivity contribution in [1.29, 1.82) is 0 Å². The van der Waals surface area contributed by atoms with Crippen LogP contribution in [0.3, 0.4) is 0 Å². The standard InChI is InChI=1S/C19H25N3O.2ClH/c1-19(14-20)9-11-22(15-19)12-16-5-7-18(8-6-16)23-13-17-4-2-3-10-21-17;;/h2-8,10H,9,11-15,20H2,1H3;2*1H. The molecule has 0 aliphatic carbocycles. The molecule has 1 aromatic carbocycles. The van der Waals surface area contributed by atoms with Crippen LogP contribution in [0.5, 0.6) is 5.75 Å². The van der Waals surface area contributed by atoms with E-state index in [0.29, 0.717) is 6.61 Å². The van der Waals surface area contributed by atoms with Gasteiger partial charge in [-0.15, -0.1) is 24.8 Å². The van der Waals surface area contributed by atoms with Crippen LogP contribution in [0.15, 0.2) is 48.7 Å².